The zero-order valence-electron chi connectivity index (χ0n) is 37.0. The number of ether oxygens (including phenoxy) is 2. The number of thiazole rings is 1. The van der Waals surface area contributed by atoms with E-state index in [2.05, 4.69) is 15.4 Å². The predicted molar refractivity (Wildman–Crippen MR) is 240 cm³/mol. The van der Waals surface area contributed by atoms with E-state index in [-0.39, 0.29) is 43.7 Å². The molecule has 15 nitrogen and oxygen atoms in total. The van der Waals surface area contributed by atoms with Crippen molar-refractivity contribution in [2.75, 3.05) is 6.54 Å². The SMILES string of the molecule is CC(C)n1c(O[C@@H]2C[C@H]3C(=O)N[C@]4(C(=O)NS(=O)(=O)C5(C)CC5)C[C@H]4C=CCCCCC[C@H](NC(=O)OC(C)(C)C)C(=O)N3C2)nc2c(-c3nc(-c4ccc(F)cc4)cs3)cccc21. The maximum atomic E-state index is 14.8. The molecule has 8 rings (SSSR count). The van der Waals surface area contributed by atoms with Gasteiger partial charge in [-0.3, -0.25) is 23.7 Å². The zero-order chi connectivity index (χ0) is 45.8. The van der Waals surface area contributed by atoms with Crippen LogP contribution in [0.2, 0.25) is 0 Å². The second-order valence-electron chi connectivity index (χ2n) is 19.0. The van der Waals surface area contributed by atoms with Gasteiger partial charge in [0.1, 0.15) is 45.7 Å². The highest BCUT2D eigenvalue weighted by molar-refractivity contribution is 7.91. The number of sulfonamides is 1. The van der Waals surface area contributed by atoms with Gasteiger partial charge in [0.25, 0.3) is 11.9 Å². The van der Waals surface area contributed by atoms with Crippen LogP contribution < -0.4 is 20.1 Å². The van der Waals surface area contributed by atoms with Gasteiger partial charge in [-0.1, -0.05) is 31.1 Å². The van der Waals surface area contributed by atoms with Crippen molar-refractivity contribution in [1.29, 1.82) is 0 Å². The van der Waals surface area contributed by atoms with Gasteiger partial charge >= 0.3 is 6.09 Å². The number of alkyl carbamates (subject to hydrolysis) is 1. The summed E-state index contributed by atoms with van der Waals surface area (Å²) >= 11 is 1.43. The Morgan fingerprint density at radius 3 is 2.50 bits per heavy atom. The van der Waals surface area contributed by atoms with E-state index in [4.69, 9.17) is 19.4 Å². The number of carbonyl (C=O) groups is 4. The molecule has 4 amide bonds. The Bertz CT molecular complexity index is 2600. The van der Waals surface area contributed by atoms with E-state index in [0.29, 0.717) is 41.9 Å². The van der Waals surface area contributed by atoms with E-state index in [1.807, 2.05) is 54.1 Å². The number of nitrogens with one attached hydrogen (secondary N) is 3. The molecule has 4 aliphatic rings. The summed E-state index contributed by atoms with van der Waals surface area (Å²) in [5.74, 6) is -2.77. The van der Waals surface area contributed by atoms with E-state index in [1.54, 1.807) is 39.8 Å². The molecule has 3 N–H and O–H groups in total. The molecule has 64 heavy (non-hydrogen) atoms. The van der Waals surface area contributed by atoms with Gasteiger partial charge in [-0.05, 0) is 116 Å². The standard InChI is InChI=1S/C46H56FN7O8S2/c1-27(2)54-35-16-12-14-32(39-48-34(26-63-39)28-17-19-30(47)20-18-28)37(35)50-42(54)61-31-23-36-38(55)51-46(41(57)52-64(59,60)45(6)21-22-45)24-29(46)13-10-8-7-9-11-15-33(40(56)53(36)25-31)49-43(58)62-44(3,4)5/h10,12-14,16-20,26-27,29,31,33,36H,7-9,11,15,21-25H2,1-6H3,(H,49,58)(H,51,55)(H,52,57)/t29-,31-,33+,36+,46-/m1/s1. The fraction of sp³-hybridized carbons (Fsp3) is 0.522. The van der Waals surface area contributed by atoms with E-state index in [1.165, 1.54) is 28.4 Å². The van der Waals surface area contributed by atoms with Gasteiger partial charge in [0.15, 0.2) is 0 Å². The van der Waals surface area contributed by atoms with Crippen LogP contribution in [0.4, 0.5) is 9.18 Å². The largest absolute Gasteiger partial charge is 0.459 e. The van der Waals surface area contributed by atoms with Crippen molar-refractivity contribution in [1.82, 2.24) is 34.8 Å². The van der Waals surface area contributed by atoms with Crippen LogP contribution in [0.5, 0.6) is 6.01 Å². The molecule has 4 aromatic rings. The lowest BCUT2D eigenvalue weighted by molar-refractivity contribution is -0.141. The first-order chi connectivity index (χ1) is 30.3. The highest BCUT2D eigenvalue weighted by atomic mass is 32.2. The summed E-state index contributed by atoms with van der Waals surface area (Å²) in [5.41, 5.74) is 1.25. The first kappa shape index (κ1) is 45.2. The summed E-state index contributed by atoms with van der Waals surface area (Å²) in [6.45, 7) is 10.7. The first-order valence-corrected chi connectivity index (χ1v) is 24.4. The number of hydrogen-bond donors (Lipinski definition) is 3. The average Bonchev–Trinajstić information content (AvgIpc) is 3.90. The lowest BCUT2D eigenvalue weighted by atomic mass is 10.0. The van der Waals surface area contributed by atoms with Crippen molar-refractivity contribution in [2.45, 2.75) is 139 Å². The third-order valence-corrected chi connectivity index (χ3v) is 15.6. The smallest absolute Gasteiger partial charge is 0.408 e. The van der Waals surface area contributed by atoms with Gasteiger partial charge in [-0.15, -0.1) is 11.3 Å². The topological polar surface area (TPSA) is 191 Å². The Hall–Kier alpha value is -5.36. The van der Waals surface area contributed by atoms with E-state index in [0.717, 1.165) is 29.5 Å². The minimum Gasteiger partial charge on any atom is -0.459 e. The van der Waals surface area contributed by atoms with E-state index < -0.39 is 73.8 Å². The van der Waals surface area contributed by atoms with Gasteiger partial charge < -0.3 is 25.0 Å². The Kier molecular flexibility index (Phi) is 12.2. The monoisotopic (exact) mass is 917 g/mol. The molecular weight excluding hydrogens is 862 g/mol. The molecule has 5 atom stereocenters. The number of para-hydroxylation sites is 1. The number of amides is 4. The van der Waals surface area contributed by atoms with Gasteiger partial charge in [-0.25, -0.2) is 22.6 Å². The van der Waals surface area contributed by atoms with Crippen LogP contribution in [0, 0.1) is 11.7 Å². The van der Waals surface area contributed by atoms with Crippen molar-refractivity contribution in [3.63, 3.8) is 0 Å². The fourth-order valence-corrected chi connectivity index (χ4v) is 10.7. The molecule has 342 valence electrons. The van der Waals surface area contributed by atoms with Crippen LogP contribution in [-0.2, 0) is 29.1 Å². The van der Waals surface area contributed by atoms with Gasteiger partial charge in [0.2, 0.25) is 21.8 Å². The van der Waals surface area contributed by atoms with E-state index in [9.17, 15) is 32.0 Å². The Morgan fingerprint density at radius 2 is 1.80 bits per heavy atom. The second kappa shape index (κ2) is 17.2. The zero-order valence-corrected chi connectivity index (χ0v) is 38.6. The third-order valence-electron chi connectivity index (χ3n) is 12.5. The summed E-state index contributed by atoms with van der Waals surface area (Å²) in [4.78, 5) is 67.9. The number of imidazole rings is 1. The lowest BCUT2D eigenvalue weighted by Crippen LogP contribution is -2.58. The molecule has 18 heteroatoms. The summed E-state index contributed by atoms with van der Waals surface area (Å²) < 4.78 is 55.7. The molecule has 0 bridgehead atoms. The molecule has 4 heterocycles. The maximum absolute atomic E-state index is 14.8. The second-order valence-corrected chi connectivity index (χ2v) is 22.0. The average molecular weight is 918 g/mol. The summed E-state index contributed by atoms with van der Waals surface area (Å²) in [5, 5.41) is 8.29. The maximum Gasteiger partial charge on any atom is 0.408 e. The van der Waals surface area contributed by atoms with Crippen LogP contribution >= 0.6 is 11.3 Å². The van der Waals surface area contributed by atoms with Crippen molar-refractivity contribution < 1.29 is 41.5 Å². The Labute approximate surface area is 376 Å². The molecule has 0 radical (unpaired) electrons. The van der Waals surface area contributed by atoms with Crippen LogP contribution in [-0.4, -0.2) is 92.3 Å². The fourth-order valence-electron chi connectivity index (χ4n) is 8.55. The number of nitrogens with zero attached hydrogens (tertiary/aromatic N) is 4. The summed E-state index contributed by atoms with van der Waals surface area (Å²) in [7, 11) is -4.02. The van der Waals surface area contributed by atoms with Crippen LogP contribution in [0.1, 0.15) is 105 Å². The number of rotatable bonds is 9. The normalized spacial score (nSPS) is 24.8. The Balaban J connectivity index is 1.12. The quantitative estimate of drug-likeness (QED) is 0.145. The van der Waals surface area contributed by atoms with E-state index >= 15 is 0 Å². The van der Waals surface area contributed by atoms with Crippen molar-refractivity contribution >= 4 is 56.2 Å². The third kappa shape index (κ3) is 9.26. The van der Waals surface area contributed by atoms with Crippen LogP contribution in [0.25, 0.3) is 32.9 Å². The summed E-state index contributed by atoms with van der Waals surface area (Å²) in [6.07, 6.45) is 6.38. The molecule has 2 aliphatic heterocycles. The lowest BCUT2D eigenvalue weighted by Gasteiger charge is -2.30. The molecule has 2 aromatic heterocycles. The highest BCUT2D eigenvalue weighted by Gasteiger charge is 2.63. The number of benzene rings is 2. The number of halogens is 1. The van der Waals surface area contributed by atoms with Crippen molar-refractivity contribution in [2.24, 2.45) is 5.92 Å². The van der Waals surface area contributed by atoms with Crippen molar-refractivity contribution in [3.05, 3.63) is 65.8 Å². The molecule has 2 aromatic carbocycles. The molecule has 2 aliphatic carbocycles. The predicted octanol–water partition coefficient (Wildman–Crippen LogP) is 7.18. The highest BCUT2D eigenvalue weighted by Crippen LogP contribution is 2.48. The molecule has 1 saturated heterocycles. The van der Waals surface area contributed by atoms with Crippen LogP contribution in [0.3, 0.4) is 0 Å². The molecule has 3 fully saturated rings. The number of allylic oxidation sites excluding steroid dienone is 1. The minimum absolute atomic E-state index is 0.00692. The number of fused-ring (bicyclic) bond motifs is 3. The Morgan fingerprint density at radius 1 is 1.05 bits per heavy atom. The molecule has 2 saturated carbocycles. The molecule has 0 unspecified atom stereocenters. The minimum atomic E-state index is -4.02. The van der Waals surface area contributed by atoms with Gasteiger partial charge in [0, 0.05) is 34.9 Å². The van der Waals surface area contributed by atoms with Gasteiger partial charge in [-0.2, -0.15) is 4.98 Å². The number of aromatic nitrogens is 3. The van der Waals surface area contributed by atoms with Crippen LogP contribution in [0.15, 0.2) is 60.0 Å². The van der Waals surface area contributed by atoms with Gasteiger partial charge in [0.05, 0.1) is 22.5 Å². The number of hydrogen-bond acceptors (Lipinski definition) is 11. The number of carbonyl (C=O) groups excluding carboxylic acids is 4. The molecule has 0 spiro atoms. The molecular formula is C46H56FN7O8S2. The first-order valence-electron chi connectivity index (χ1n) is 22.0. The summed E-state index contributed by atoms with van der Waals surface area (Å²) in [6, 6.07) is 9.85. The van der Waals surface area contributed by atoms with Crippen molar-refractivity contribution in [3.8, 4) is 27.8 Å².